The zero-order valence-electron chi connectivity index (χ0n) is 12.9. The van der Waals surface area contributed by atoms with Crippen LogP contribution in [0.4, 0.5) is 18.9 Å². The molecule has 0 atom stereocenters. The lowest BCUT2D eigenvalue weighted by Crippen LogP contribution is -2.30. The van der Waals surface area contributed by atoms with E-state index >= 15 is 0 Å². The molecule has 10 heteroatoms. The second-order valence-electron chi connectivity index (χ2n) is 5.31. The number of aromatic nitrogens is 3. The van der Waals surface area contributed by atoms with Crippen LogP contribution < -0.4 is 10.9 Å². The molecule has 6 nitrogen and oxygen atoms in total. The van der Waals surface area contributed by atoms with Gasteiger partial charge in [-0.05, 0) is 30.3 Å². The highest BCUT2D eigenvalue weighted by Gasteiger charge is 2.34. The van der Waals surface area contributed by atoms with Gasteiger partial charge < -0.3 is 5.32 Å². The quantitative estimate of drug-likeness (QED) is 0.755. The van der Waals surface area contributed by atoms with Crippen LogP contribution in [0, 0.1) is 0 Å². The Labute approximate surface area is 149 Å². The topological polar surface area (TPSA) is 76.9 Å². The Morgan fingerprint density at radius 3 is 2.65 bits per heavy atom. The monoisotopic (exact) mass is 382 g/mol. The predicted octanol–water partition coefficient (Wildman–Crippen LogP) is 3.10. The van der Waals surface area contributed by atoms with E-state index < -0.39 is 35.4 Å². The Morgan fingerprint density at radius 2 is 1.92 bits per heavy atom. The maximum Gasteiger partial charge on any atom is 0.418 e. The molecule has 3 rings (SSSR count). The second kappa shape index (κ2) is 6.75. The summed E-state index contributed by atoms with van der Waals surface area (Å²) in [6, 6.07) is 9.36. The van der Waals surface area contributed by atoms with Gasteiger partial charge in [-0.25, -0.2) is 4.68 Å². The van der Waals surface area contributed by atoms with Gasteiger partial charge in [-0.3, -0.25) is 9.59 Å². The molecule has 0 aliphatic heterocycles. The van der Waals surface area contributed by atoms with Gasteiger partial charge in [0.05, 0.1) is 16.6 Å². The van der Waals surface area contributed by atoms with Crippen LogP contribution in [-0.4, -0.2) is 20.9 Å². The van der Waals surface area contributed by atoms with Gasteiger partial charge in [-0.2, -0.15) is 13.2 Å². The lowest BCUT2D eigenvalue weighted by molar-refractivity contribution is -0.137. The minimum Gasteiger partial charge on any atom is -0.324 e. The molecule has 0 saturated carbocycles. The first kappa shape index (κ1) is 17.9. The SMILES string of the molecule is O=C(Cn1nnc2ccccc2c1=O)Nc1ccc(Cl)cc1C(F)(F)F. The van der Waals surface area contributed by atoms with Gasteiger partial charge in [0.2, 0.25) is 5.91 Å². The van der Waals surface area contributed by atoms with Crippen molar-refractivity contribution >= 4 is 34.1 Å². The number of halogens is 4. The van der Waals surface area contributed by atoms with Gasteiger partial charge in [0.1, 0.15) is 12.1 Å². The first-order valence-corrected chi connectivity index (χ1v) is 7.62. The van der Waals surface area contributed by atoms with Gasteiger partial charge in [0, 0.05) is 5.02 Å². The number of rotatable bonds is 3. The Hall–Kier alpha value is -2.94. The van der Waals surface area contributed by atoms with E-state index in [9.17, 15) is 22.8 Å². The molecule has 2 aromatic carbocycles. The van der Waals surface area contributed by atoms with E-state index in [0.29, 0.717) is 11.6 Å². The minimum absolute atomic E-state index is 0.119. The third kappa shape index (κ3) is 3.67. The smallest absolute Gasteiger partial charge is 0.324 e. The molecule has 134 valence electrons. The highest BCUT2D eigenvalue weighted by atomic mass is 35.5. The van der Waals surface area contributed by atoms with Crippen LogP contribution in [0.3, 0.4) is 0 Å². The summed E-state index contributed by atoms with van der Waals surface area (Å²) < 4.78 is 39.9. The Morgan fingerprint density at radius 1 is 1.19 bits per heavy atom. The maximum absolute atomic E-state index is 13.1. The first-order valence-electron chi connectivity index (χ1n) is 7.25. The number of hydrogen-bond donors (Lipinski definition) is 1. The largest absolute Gasteiger partial charge is 0.418 e. The van der Waals surface area contributed by atoms with E-state index in [1.54, 1.807) is 18.2 Å². The van der Waals surface area contributed by atoms with Gasteiger partial charge in [0.25, 0.3) is 5.56 Å². The summed E-state index contributed by atoms with van der Waals surface area (Å²) in [6.07, 6.45) is -4.70. The highest BCUT2D eigenvalue weighted by molar-refractivity contribution is 6.30. The van der Waals surface area contributed by atoms with Crippen molar-refractivity contribution in [1.29, 1.82) is 0 Å². The summed E-state index contributed by atoms with van der Waals surface area (Å²) >= 11 is 5.59. The van der Waals surface area contributed by atoms with Crippen LogP contribution in [0.25, 0.3) is 10.9 Å². The number of nitrogens with one attached hydrogen (secondary N) is 1. The average Bonchev–Trinajstić information content (AvgIpc) is 2.58. The average molecular weight is 383 g/mol. The molecule has 0 radical (unpaired) electrons. The fraction of sp³-hybridized carbons (Fsp3) is 0.125. The number of fused-ring (bicyclic) bond motifs is 1. The Balaban J connectivity index is 1.87. The molecule has 0 aliphatic carbocycles. The molecular formula is C16H10ClF3N4O2. The van der Waals surface area contributed by atoms with E-state index in [-0.39, 0.29) is 10.4 Å². The summed E-state index contributed by atoms with van der Waals surface area (Å²) in [7, 11) is 0. The highest BCUT2D eigenvalue weighted by Crippen LogP contribution is 2.36. The van der Waals surface area contributed by atoms with Crippen LogP contribution in [0.15, 0.2) is 47.3 Å². The number of anilines is 1. The van der Waals surface area contributed by atoms with E-state index in [2.05, 4.69) is 15.6 Å². The van der Waals surface area contributed by atoms with Crippen LogP contribution >= 0.6 is 11.6 Å². The summed E-state index contributed by atoms with van der Waals surface area (Å²) in [6.45, 7) is -0.587. The molecule has 3 aromatic rings. The predicted molar refractivity (Wildman–Crippen MR) is 88.9 cm³/mol. The van der Waals surface area contributed by atoms with Crippen molar-refractivity contribution in [3.63, 3.8) is 0 Å². The molecular weight excluding hydrogens is 373 g/mol. The number of nitrogens with zero attached hydrogens (tertiary/aromatic N) is 3. The zero-order chi connectivity index (χ0) is 18.9. The number of carbonyl (C=O) groups is 1. The van der Waals surface area contributed by atoms with Gasteiger partial charge in [-0.1, -0.05) is 28.9 Å². The Bertz CT molecular complexity index is 1050. The maximum atomic E-state index is 13.1. The normalized spacial score (nSPS) is 11.5. The number of benzene rings is 2. The summed E-state index contributed by atoms with van der Waals surface area (Å²) in [5, 5.41) is 9.68. The van der Waals surface area contributed by atoms with E-state index in [0.717, 1.165) is 10.7 Å². The molecule has 1 N–H and O–H groups in total. The molecule has 26 heavy (non-hydrogen) atoms. The van der Waals surface area contributed by atoms with Gasteiger partial charge >= 0.3 is 6.18 Å². The van der Waals surface area contributed by atoms with Crippen molar-refractivity contribution in [2.75, 3.05) is 5.32 Å². The molecule has 0 unspecified atom stereocenters. The van der Waals surface area contributed by atoms with Crippen LogP contribution in [-0.2, 0) is 17.5 Å². The molecule has 0 bridgehead atoms. The van der Waals surface area contributed by atoms with Gasteiger partial charge in [-0.15, -0.1) is 5.10 Å². The number of alkyl halides is 3. The molecule has 1 heterocycles. The van der Waals surface area contributed by atoms with Crippen molar-refractivity contribution in [1.82, 2.24) is 15.0 Å². The molecule has 0 saturated heterocycles. The molecule has 0 fully saturated rings. The zero-order valence-corrected chi connectivity index (χ0v) is 13.7. The van der Waals surface area contributed by atoms with Crippen molar-refractivity contribution in [3.05, 3.63) is 63.4 Å². The third-order valence-corrected chi connectivity index (χ3v) is 3.72. The summed E-state index contributed by atoms with van der Waals surface area (Å²) in [4.78, 5) is 24.4. The first-order chi connectivity index (χ1) is 12.3. The third-order valence-electron chi connectivity index (χ3n) is 3.48. The fourth-order valence-corrected chi connectivity index (χ4v) is 2.48. The van der Waals surface area contributed by atoms with Crippen LogP contribution in [0.5, 0.6) is 0 Å². The second-order valence-corrected chi connectivity index (χ2v) is 5.74. The van der Waals surface area contributed by atoms with E-state index in [1.807, 2.05) is 0 Å². The number of hydrogen-bond acceptors (Lipinski definition) is 4. The number of amides is 1. The van der Waals surface area contributed by atoms with E-state index in [4.69, 9.17) is 11.6 Å². The lowest BCUT2D eigenvalue weighted by atomic mass is 10.1. The van der Waals surface area contributed by atoms with Crippen molar-refractivity contribution in [2.45, 2.75) is 12.7 Å². The van der Waals surface area contributed by atoms with Crippen LogP contribution in [0.1, 0.15) is 5.56 Å². The van der Waals surface area contributed by atoms with Crippen LogP contribution in [0.2, 0.25) is 5.02 Å². The molecule has 0 aliphatic rings. The van der Waals surface area contributed by atoms with E-state index in [1.165, 1.54) is 12.1 Å². The fourth-order valence-electron chi connectivity index (χ4n) is 2.31. The summed E-state index contributed by atoms with van der Waals surface area (Å²) in [5.41, 5.74) is -1.77. The number of carbonyl (C=O) groups excluding carboxylic acids is 1. The van der Waals surface area contributed by atoms with Gasteiger partial charge in [0.15, 0.2) is 0 Å². The molecule has 1 amide bonds. The van der Waals surface area contributed by atoms with Crippen molar-refractivity contribution < 1.29 is 18.0 Å². The molecule has 1 aromatic heterocycles. The lowest BCUT2D eigenvalue weighted by Gasteiger charge is -2.14. The Kier molecular flexibility index (Phi) is 4.64. The summed E-state index contributed by atoms with van der Waals surface area (Å²) in [5.74, 6) is -0.857. The van der Waals surface area contributed by atoms with Crippen molar-refractivity contribution in [3.8, 4) is 0 Å². The van der Waals surface area contributed by atoms with Crippen molar-refractivity contribution in [2.24, 2.45) is 0 Å². The minimum atomic E-state index is -4.70. The standard InChI is InChI=1S/C16H10ClF3N4O2/c17-9-5-6-13(11(7-9)16(18,19)20)21-14(25)8-24-15(26)10-3-1-2-4-12(10)22-23-24/h1-7H,8H2,(H,21,25). The molecule has 0 spiro atoms.